The SMILES string of the molecule is CN1CCN(Cc2ccc(C(=O)NCC3COc4cccc(-c5cn(Cc6ccccc6)cn5)c4O3)o2)CC1. The van der Waals surface area contributed by atoms with Gasteiger partial charge in [0.15, 0.2) is 17.3 Å². The third-order valence-corrected chi connectivity index (χ3v) is 7.16. The molecule has 4 aromatic rings. The molecule has 4 heterocycles. The number of fused-ring (bicyclic) bond motifs is 1. The first kappa shape index (κ1) is 25.2. The van der Waals surface area contributed by atoms with Crippen LogP contribution in [0.15, 0.2) is 77.6 Å². The van der Waals surface area contributed by atoms with E-state index in [1.165, 1.54) is 5.56 Å². The molecule has 2 aliphatic heterocycles. The summed E-state index contributed by atoms with van der Waals surface area (Å²) in [6.45, 7) is 6.15. The zero-order valence-corrected chi connectivity index (χ0v) is 22.1. The van der Waals surface area contributed by atoms with Gasteiger partial charge in [-0.05, 0) is 36.9 Å². The predicted octanol–water partition coefficient (Wildman–Crippen LogP) is 3.51. The number of furan rings is 1. The molecule has 1 N–H and O–H groups in total. The van der Waals surface area contributed by atoms with Crippen LogP contribution in [0, 0.1) is 0 Å². The maximum absolute atomic E-state index is 12.8. The Morgan fingerprint density at radius 1 is 1.00 bits per heavy atom. The Hall–Kier alpha value is -4.08. The number of likely N-dealkylation sites (N-methyl/N-ethyl adjacent to an activating group) is 1. The molecular weight excluding hydrogens is 494 g/mol. The molecular formula is C30H33N5O4. The van der Waals surface area contributed by atoms with E-state index in [0.717, 1.165) is 49.7 Å². The van der Waals surface area contributed by atoms with Gasteiger partial charge in [-0.2, -0.15) is 0 Å². The monoisotopic (exact) mass is 527 g/mol. The summed E-state index contributed by atoms with van der Waals surface area (Å²) < 4.78 is 20.2. The smallest absolute Gasteiger partial charge is 0.287 e. The molecule has 0 radical (unpaired) electrons. The average Bonchev–Trinajstić information content (AvgIpc) is 3.63. The van der Waals surface area contributed by atoms with Crippen LogP contribution in [0.3, 0.4) is 0 Å². The molecule has 2 aromatic heterocycles. The summed E-state index contributed by atoms with van der Waals surface area (Å²) in [7, 11) is 2.13. The number of rotatable bonds is 8. The number of para-hydroxylation sites is 1. The molecule has 9 heteroatoms. The minimum absolute atomic E-state index is 0.262. The molecule has 0 aliphatic carbocycles. The van der Waals surface area contributed by atoms with Gasteiger partial charge in [0.2, 0.25) is 0 Å². The Labute approximate surface area is 227 Å². The Morgan fingerprint density at radius 3 is 2.69 bits per heavy atom. The molecule has 2 aromatic carbocycles. The van der Waals surface area contributed by atoms with E-state index in [-0.39, 0.29) is 12.0 Å². The van der Waals surface area contributed by atoms with Gasteiger partial charge in [0.25, 0.3) is 5.91 Å². The van der Waals surface area contributed by atoms with Crippen LogP contribution in [-0.2, 0) is 13.1 Å². The third kappa shape index (κ3) is 6.00. The molecule has 39 heavy (non-hydrogen) atoms. The number of amides is 1. The van der Waals surface area contributed by atoms with E-state index in [1.807, 2.05) is 59.6 Å². The number of aromatic nitrogens is 2. The highest BCUT2D eigenvalue weighted by Gasteiger charge is 2.26. The van der Waals surface area contributed by atoms with Crippen molar-refractivity contribution in [2.45, 2.75) is 19.2 Å². The molecule has 6 rings (SSSR count). The molecule has 2 aliphatic rings. The van der Waals surface area contributed by atoms with Crippen LogP contribution >= 0.6 is 0 Å². The summed E-state index contributed by atoms with van der Waals surface area (Å²) in [5.41, 5.74) is 2.87. The van der Waals surface area contributed by atoms with Crippen molar-refractivity contribution in [1.29, 1.82) is 0 Å². The van der Waals surface area contributed by atoms with Crippen molar-refractivity contribution < 1.29 is 18.7 Å². The molecule has 0 bridgehead atoms. The van der Waals surface area contributed by atoms with Gasteiger partial charge >= 0.3 is 0 Å². The second kappa shape index (κ2) is 11.3. The second-order valence-electron chi connectivity index (χ2n) is 10.2. The number of benzene rings is 2. The Balaban J connectivity index is 1.06. The molecule has 0 saturated carbocycles. The minimum Gasteiger partial charge on any atom is -0.486 e. The van der Waals surface area contributed by atoms with Gasteiger partial charge in [0.05, 0.1) is 25.1 Å². The number of imidazole rings is 1. The number of ether oxygens (including phenoxy) is 2. The van der Waals surface area contributed by atoms with E-state index in [4.69, 9.17) is 13.9 Å². The van der Waals surface area contributed by atoms with E-state index in [2.05, 4.69) is 39.3 Å². The van der Waals surface area contributed by atoms with Gasteiger partial charge in [-0.1, -0.05) is 36.4 Å². The van der Waals surface area contributed by atoms with Crippen LogP contribution in [0.4, 0.5) is 0 Å². The number of hydrogen-bond acceptors (Lipinski definition) is 7. The van der Waals surface area contributed by atoms with Crippen molar-refractivity contribution >= 4 is 5.91 Å². The lowest BCUT2D eigenvalue weighted by molar-refractivity contribution is 0.0773. The second-order valence-corrected chi connectivity index (χ2v) is 10.2. The molecule has 0 spiro atoms. The normalized spacial score (nSPS) is 17.7. The first-order chi connectivity index (χ1) is 19.1. The molecule has 202 valence electrons. The van der Waals surface area contributed by atoms with Crippen LogP contribution < -0.4 is 14.8 Å². The predicted molar refractivity (Wildman–Crippen MR) is 147 cm³/mol. The standard InChI is InChI=1S/C30H33N5O4/c1-33-12-14-34(15-13-33)18-23-10-11-28(38-23)30(36)31-16-24-20-37-27-9-5-8-25(29(27)39-24)26-19-35(21-32-26)17-22-6-3-2-4-7-22/h2-11,19,21,24H,12-18,20H2,1H3,(H,31,36). The van der Waals surface area contributed by atoms with Crippen molar-refractivity contribution in [3.05, 3.63) is 90.3 Å². The summed E-state index contributed by atoms with van der Waals surface area (Å²) in [6.07, 6.45) is 3.49. The summed E-state index contributed by atoms with van der Waals surface area (Å²) in [5, 5.41) is 2.94. The van der Waals surface area contributed by atoms with Crippen LogP contribution in [0.1, 0.15) is 21.9 Å². The van der Waals surface area contributed by atoms with Crippen molar-refractivity contribution in [2.75, 3.05) is 46.4 Å². The highest BCUT2D eigenvalue weighted by Crippen LogP contribution is 2.40. The van der Waals surface area contributed by atoms with Crippen molar-refractivity contribution in [1.82, 2.24) is 24.7 Å². The van der Waals surface area contributed by atoms with E-state index in [0.29, 0.717) is 37.0 Å². The lowest BCUT2D eigenvalue weighted by Crippen LogP contribution is -2.43. The van der Waals surface area contributed by atoms with Gasteiger partial charge in [-0.3, -0.25) is 9.69 Å². The highest BCUT2D eigenvalue weighted by atomic mass is 16.6. The van der Waals surface area contributed by atoms with Crippen molar-refractivity contribution in [2.24, 2.45) is 0 Å². The molecule has 1 saturated heterocycles. The molecule has 1 fully saturated rings. The minimum atomic E-state index is -0.339. The van der Waals surface area contributed by atoms with E-state index >= 15 is 0 Å². The van der Waals surface area contributed by atoms with Crippen LogP contribution in [0.2, 0.25) is 0 Å². The number of nitrogens with one attached hydrogen (secondary N) is 1. The lowest BCUT2D eigenvalue weighted by Gasteiger charge is -2.31. The van der Waals surface area contributed by atoms with E-state index in [1.54, 1.807) is 6.07 Å². The van der Waals surface area contributed by atoms with Gasteiger partial charge in [0.1, 0.15) is 18.5 Å². The van der Waals surface area contributed by atoms with Crippen LogP contribution in [0.5, 0.6) is 11.5 Å². The summed E-state index contributed by atoms with van der Waals surface area (Å²) in [4.78, 5) is 22.1. The van der Waals surface area contributed by atoms with Crippen molar-refractivity contribution in [3.8, 4) is 22.8 Å². The Bertz CT molecular complexity index is 1410. The van der Waals surface area contributed by atoms with Crippen LogP contribution in [0.25, 0.3) is 11.3 Å². The zero-order valence-electron chi connectivity index (χ0n) is 22.1. The topological polar surface area (TPSA) is 85.0 Å². The quantitative estimate of drug-likeness (QED) is 0.375. The molecule has 1 unspecified atom stereocenters. The highest BCUT2D eigenvalue weighted by molar-refractivity contribution is 5.91. The summed E-state index contributed by atoms with van der Waals surface area (Å²) in [6, 6.07) is 19.7. The Morgan fingerprint density at radius 2 is 1.85 bits per heavy atom. The molecule has 1 atom stereocenters. The van der Waals surface area contributed by atoms with Gasteiger partial charge in [0, 0.05) is 44.5 Å². The van der Waals surface area contributed by atoms with E-state index in [9.17, 15) is 4.79 Å². The zero-order chi connectivity index (χ0) is 26.6. The number of carbonyl (C=O) groups excluding carboxylic acids is 1. The van der Waals surface area contributed by atoms with Crippen LogP contribution in [-0.4, -0.2) is 77.7 Å². The largest absolute Gasteiger partial charge is 0.486 e. The number of hydrogen-bond donors (Lipinski definition) is 1. The summed E-state index contributed by atoms with van der Waals surface area (Å²) >= 11 is 0. The maximum atomic E-state index is 12.8. The third-order valence-electron chi connectivity index (χ3n) is 7.16. The first-order valence-corrected chi connectivity index (χ1v) is 13.4. The summed E-state index contributed by atoms with van der Waals surface area (Å²) in [5.74, 6) is 2.16. The maximum Gasteiger partial charge on any atom is 0.287 e. The van der Waals surface area contributed by atoms with E-state index < -0.39 is 0 Å². The first-order valence-electron chi connectivity index (χ1n) is 13.4. The number of carbonyl (C=O) groups is 1. The lowest BCUT2D eigenvalue weighted by atomic mass is 10.1. The molecule has 9 nitrogen and oxygen atoms in total. The van der Waals surface area contributed by atoms with Gasteiger partial charge < -0.3 is 28.7 Å². The Kier molecular flexibility index (Phi) is 7.33. The fourth-order valence-corrected chi connectivity index (χ4v) is 4.92. The van der Waals surface area contributed by atoms with Gasteiger partial charge in [-0.25, -0.2) is 4.98 Å². The number of nitrogens with zero attached hydrogens (tertiary/aromatic N) is 4. The van der Waals surface area contributed by atoms with Crippen molar-refractivity contribution in [3.63, 3.8) is 0 Å². The molecule has 1 amide bonds. The van der Waals surface area contributed by atoms with Gasteiger partial charge in [-0.15, -0.1) is 0 Å². The fraction of sp³-hybridized carbons (Fsp3) is 0.333. The number of piperazine rings is 1. The fourth-order valence-electron chi connectivity index (χ4n) is 4.92. The average molecular weight is 528 g/mol.